The van der Waals surface area contributed by atoms with Crippen LogP contribution in [0.2, 0.25) is 0 Å². The fourth-order valence-electron chi connectivity index (χ4n) is 1.13. The van der Waals surface area contributed by atoms with Crippen LogP contribution in [0.5, 0.6) is 0 Å². The molecular weight excluding hydrogens is 321 g/mol. The number of likely N-dealkylation sites (N-methyl/N-ethyl adjacent to an activating group) is 1. The molecule has 0 aromatic carbocycles. The number of halogens is 1. The highest BCUT2D eigenvalue weighted by atomic mass is 127. The smallest absolute Gasteiger partial charge is 0.333 e. The number of carbonyl (C=O) groups excluding carboxylic acids is 1. The van der Waals surface area contributed by atoms with Crippen LogP contribution in [0.15, 0.2) is 12.2 Å². The highest BCUT2D eigenvalue weighted by molar-refractivity contribution is 14.0. The second-order valence-corrected chi connectivity index (χ2v) is 3.52. The second kappa shape index (κ2) is 10.0. The fourth-order valence-corrected chi connectivity index (χ4v) is 1.13. The SMILES string of the molecule is C=C(C)C(=O)OCC(O)CN(CC)CC.I. The summed E-state index contributed by atoms with van der Waals surface area (Å²) in [5.41, 5.74) is 0.352. The first kappa shape index (κ1) is 18.2. The van der Waals surface area contributed by atoms with Crippen molar-refractivity contribution in [3.63, 3.8) is 0 Å². The largest absolute Gasteiger partial charge is 0.460 e. The molecule has 0 aromatic heterocycles. The van der Waals surface area contributed by atoms with E-state index in [4.69, 9.17) is 4.74 Å². The second-order valence-electron chi connectivity index (χ2n) is 3.52. The summed E-state index contributed by atoms with van der Waals surface area (Å²) in [6.07, 6.45) is -0.631. The summed E-state index contributed by atoms with van der Waals surface area (Å²) < 4.78 is 4.84. The van der Waals surface area contributed by atoms with Gasteiger partial charge in [-0.2, -0.15) is 0 Å². The van der Waals surface area contributed by atoms with Crippen LogP contribution in [0.25, 0.3) is 0 Å². The minimum absolute atomic E-state index is 0. The van der Waals surface area contributed by atoms with Gasteiger partial charge in [-0.1, -0.05) is 20.4 Å². The Hall–Kier alpha value is -0.140. The van der Waals surface area contributed by atoms with E-state index >= 15 is 0 Å². The van der Waals surface area contributed by atoms with E-state index in [1.807, 2.05) is 13.8 Å². The Morgan fingerprint density at radius 2 is 1.94 bits per heavy atom. The Labute approximate surface area is 115 Å². The number of hydrogen-bond donors (Lipinski definition) is 1. The van der Waals surface area contributed by atoms with Crippen LogP contribution in [0.3, 0.4) is 0 Å². The van der Waals surface area contributed by atoms with Gasteiger partial charge in [0.05, 0.1) is 0 Å². The Kier molecular flexibility index (Phi) is 11.4. The lowest BCUT2D eigenvalue weighted by Gasteiger charge is -2.21. The normalized spacial score (nSPS) is 11.8. The number of carbonyl (C=O) groups is 1. The van der Waals surface area contributed by atoms with Crippen molar-refractivity contribution in [2.75, 3.05) is 26.2 Å². The number of esters is 1. The lowest BCUT2D eigenvalue weighted by molar-refractivity contribution is -0.142. The zero-order chi connectivity index (χ0) is 11.8. The van der Waals surface area contributed by atoms with Crippen molar-refractivity contribution in [2.45, 2.75) is 26.9 Å². The molecule has 1 unspecified atom stereocenters. The average Bonchev–Trinajstić information content (AvgIpc) is 2.22. The maximum Gasteiger partial charge on any atom is 0.333 e. The maximum absolute atomic E-state index is 11.0. The van der Waals surface area contributed by atoms with E-state index in [2.05, 4.69) is 11.5 Å². The van der Waals surface area contributed by atoms with Crippen molar-refractivity contribution < 1.29 is 14.6 Å². The van der Waals surface area contributed by atoms with Crippen molar-refractivity contribution in [3.8, 4) is 0 Å². The summed E-state index contributed by atoms with van der Waals surface area (Å²) in [5.74, 6) is -0.450. The number of aliphatic hydroxyl groups is 1. The Balaban J connectivity index is 0. The minimum Gasteiger partial charge on any atom is -0.460 e. The number of rotatable bonds is 7. The summed E-state index contributed by atoms with van der Waals surface area (Å²) in [5, 5.41) is 9.56. The van der Waals surface area contributed by atoms with E-state index in [9.17, 15) is 9.90 Å². The van der Waals surface area contributed by atoms with Crippen LogP contribution in [0.1, 0.15) is 20.8 Å². The predicted octanol–water partition coefficient (Wildman–Crippen LogP) is 1.43. The Morgan fingerprint density at radius 1 is 1.44 bits per heavy atom. The van der Waals surface area contributed by atoms with Crippen LogP contribution < -0.4 is 0 Å². The Morgan fingerprint density at radius 3 is 2.31 bits per heavy atom. The summed E-state index contributed by atoms with van der Waals surface area (Å²) in [7, 11) is 0. The third-order valence-electron chi connectivity index (χ3n) is 2.12. The van der Waals surface area contributed by atoms with E-state index in [-0.39, 0.29) is 30.6 Å². The molecule has 0 heterocycles. The maximum atomic E-state index is 11.0. The number of aliphatic hydroxyl groups excluding tert-OH is 1. The van der Waals surface area contributed by atoms with Crippen LogP contribution in [0, 0.1) is 0 Å². The minimum atomic E-state index is -0.631. The first-order chi connectivity index (χ1) is 7.01. The molecule has 0 aromatic rings. The van der Waals surface area contributed by atoms with Gasteiger partial charge in [-0.3, -0.25) is 0 Å². The summed E-state index contributed by atoms with van der Waals surface area (Å²) in [4.78, 5) is 13.1. The third-order valence-corrected chi connectivity index (χ3v) is 2.12. The molecule has 1 N–H and O–H groups in total. The molecule has 0 fully saturated rings. The molecular formula is C11H22INO3. The molecule has 0 saturated heterocycles. The lowest BCUT2D eigenvalue weighted by Crippen LogP contribution is -2.35. The van der Waals surface area contributed by atoms with Crippen molar-refractivity contribution >= 4 is 29.9 Å². The summed E-state index contributed by atoms with van der Waals surface area (Å²) >= 11 is 0. The molecule has 4 nitrogen and oxygen atoms in total. The number of nitrogens with zero attached hydrogens (tertiary/aromatic N) is 1. The number of ether oxygens (including phenoxy) is 1. The van der Waals surface area contributed by atoms with Gasteiger partial charge in [-0.05, 0) is 20.0 Å². The molecule has 0 bridgehead atoms. The van der Waals surface area contributed by atoms with Gasteiger partial charge in [0.15, 0.2) is 0 Å². The van der Waals surface area contributed by atoms with Crippen molar-refractivity contribution in [1.82, 2.24) is 4.90 Å². The van der Waals surface area contributed by atoms with Gasteiger partial charge in [0.25, 0.3) is 0 Å². The molecule has 0 aliphatic heterocycles. The third kappa shape index (κ3) is 8.06. The molecule has 0 rings (SSSR count). The summed E-state index contributed by atoms with van der Waals surface area (Å²) in [6, 6.07) is 0. The van der Waals surface area contributed by atoms with E-state index in [0.717, 1.165) is 13.1 Å². The highest BCUT2D eigenvalue weighted by Crippen LogP contribution is 1.96. The molecule has 0 aliphatic carbocycles. The van der Waals surface area contributed by atoms with Gasteiger partial charge in [-0.25, -0.2) is 4.79 Å². The quantitative estimate of drug-likeness (QED) is 0.432. The van der Waals surface area contributed by atoms with E-state index < -0.39 is 12.1 Å². The summed E-state index contributed by atoms with van der Waals surface area (Å²) in [6.45, 7) is 11.4. The van der Waals surface area contributed by atoms with E-state index in [0.29, 0.717) is 12.1 Å². The van der Waals surface area contributed by atoms with Gasteiger partial charge < -0.3 is 14.7 Å². The molecule has 0 radical (unpaired) electrons. The predicted molar refractivity (Wildman–Crippen MR) is 75.0 cm³/mol. The van der Waals surface area contributed by atoms with E-state index in [1.165, 1.54) is 0 Å². The van der Waals surface area contributed by atoms with Gasteiger partial charge in [-0.15, -0.1) is 24.0 Å². The molecule has 0 aliphatic rings. The first-order valence-electron chi connectivity index (χ1n) is 5.24. The van der Waals surface area contributed by atoms with Crippen molar-refractivity contribution in [2.24, 2.45) is 0 Å². The molecule has 0 saturated carbocycles. The van der Waals surface area contributed by atoms with Gasteiger partial charge in [0.2, 0.25) is 0 Å². The average molecular weight is 343 g/mol. The van der Waals surface area contributed by atoms with Gasteiger partial charge in [0.1, 0.15) is 12.7 Å². The highest BCUT2D eigenvalue weighted by Gasteiger charge is 2.11. The lowest BCUT2D eigenvalue weighted by atomic mass is 10.3. The molecule has 5 heteroatoms. The Bertz CT molecular complexity index is 217. The van der Waals surface area contributed by atoms with Crippen molar-refractivity contribution in [1.29, 1.82) is 0 Å². The monoisotopic (exact) mass is 343 g/mol. The zero-order valence-electron chi connectivity index (χ0n) is 10.2. The fraction of sp³-hybridized carbons (Fsp3) is 0.727. The number of hydrogen-bond acceptors (Lipinski definition) is 4. The van der Waals surface area contributed by atoms with Crippen LogP contribution in [0.4, 0.5) is 0 Å². The molecule has 1 atom stereocenters. The topological polar surface area (TPSA) is 49.8 Å². The van der Waals surface area contributed by atoms with Crippen molar-refractivity contribution in [3.05, 3.63) is 12.2 Å². The first-order valence-corrected chi connectivity index (χ1v) is 5.24. The van der Waals surface area contributed by atoms with Gasteiger partial charge in [0, 0.05) is 12.1 Å². The molecule has 96 valence electrons. The molecule has 16 heavy (non-hydrogen) atoms. The molecule has 0 spiro atoms. The standard InChI is InChI=1S/C11H21NO3.HI/c1-5-12(6-2)7-10(13)8-15-11(14)9(3)4;/h10,13H,3,5-8H2,1-2,4H3;1H. The zero-order valence-corrected chi connectivity index (χ0v) is 12.6. The molecule has 0 amide bonds. The van der Waals surface area contributed by atoms with Crippen LogP contribution >= 0.6 is 24.0 Å². The van der Waals surface area contributed by atoms with E-state index in [1.54, 1.807) is 6.92 Å². The van der Waals surface area contributed by atoms with Crippen LogP contribution in [-0.2, 0) is 9.53 Å². The van der Waals surface area contributed by atoms with Crippen LogP contribution in [-0.4, -0.2) is 48.3 Å². The van der Waals surface area contributed by atoms with Gasteiger partial charge >= 0.3 is 5.97 Å².